The lowest BCUT2D eigenvalue weighted by molar-refractivity contribution is 0.327. The molecule has 0 saturated carbocycles. The molecule has 0 aliphatic heterocycles. The van der Waals surface area contributed by atoms with Gasteiger partial charge in [-0.3, -0.25) is 5.10 Å². The van der Waals surface area contributed by atoms with Gasteiger partial charge in [0.15, 0.2) is 0 Å². The van der Waals surface area contributed by atoms with Crippen LogP contribution in [0.1, 0.15) is 22.5 Å². The molecule has 1 heterocycles. The molecule has 0 unspecified atom stereocenters. The second-order valence-corrected chi connectivity index (χ2v) is 4.96. The Balaban J connectivity index is 1.85. The van der Waals surface area contributed by atoms with Crippen LogP contribution in [-0.2, 0) is 13.0 Å². The number of benzene rings is 1. The van der Waals surface area contributed by atoms with Gasteiger partial charge in [-0.05, 0) is 44.5 Å². The Labute approximate surface area is 109 Å². The predicted molar refractivity (Wildman–Crippen MR) is 74.5 cm³/mol. The van der Waals surface area contributed by atoms with Crippen molar-refractivity contribution < 1.29 is 0 Å². The van der Waals surface area contributed by atoms with Crippen LogP contribution in [0.4, 0.5) is 0 Å². The zero-order valence-electron chi connectivity index (χ0n) is 11.4. The van der Waals surface area contributed by atoms with Crippen molar-refractivity contribution in [3.8, 4) is 0 Å². The van der Waals surface area contributed by atoms with E-state index >= 15 is 0 Å². The highest BCUT2D eigenvalue weighted by Crippen LogP contribution is 2.09. The van der Waals surface area contributed by atoms with Crippen molar-refractivity contribution in [2.45, 2.75) is 26.8 Å². The van der Waals surface area contributed by atoms with E-state index in [0.717, 1.165) is 30.9 Å². The summed E-state index contributed by atoms with van der Waals surface area (Å²) >= 11 is 0. The molecule has 0 spiro atoms. The van der Waals surface area contributed by atoms with E-state index in [0.29, 0.717) is 0 Å². The average molecular weight is 243 g/mol. The van der Waals surface area contributed by atoms with Gasteiger partial charge in [-0.25, -0.2) is 0 Å². The first-order valence-electron chi connectivity index (χ1n) is 6.39. The number of H-pyrrole nitrogens is 1. The minimum absolute atomic E-state index is 0.899. The molecule has 1 N–H and O–H groups in total. The van der Waals surface area contributed by atoms with E-state index in [1.54, 1.807) is 0 Å². The summed E-state index contributed by atoms with van der Waals surface area (Å²) in [4.78, 5) is 2.31. The molecule has 0 radical (unpaired) electrons. The fourth-order valence-corrected chi connectivity index (χ4v) is 2.11. The summed E-state index contributed by atoms with van der Waals surface area (Å²) in [7, 11) is 2.14. The highest BCUT2D eigenvalue weighted by Gasteiger charge is 2.04. The first-order valence-corrected chi connectivity index (χ1v) is 6.39. The van der Waals surface area contributed by atoms with Crippen molar-refractivity contribution in [3.63, 3.8) is 0 Å². The van der Waals surface area contributed by atoms with Crippen LogP contribution in [0.3, 0.4) is 0 Å². The van der Waals surface area contributed by atoms with Gasteiger partial charge in [0.2, 0.25) is 0 Å². The van der Waals surface area contributed by atoms with Gasteiger partial charge in [0.25, 0.3) is 0 Å². The van der Waals surface area contributed by atoms with E-state index < -0.39 is 0 Å². The molecule has 0 aliphatic rings. The second kappa shape index (κ2) is 5.83. The van der Waals surface area contributed by atoms with Crippen molar-refractivity contribution in [2.24, 2.45) is 0 Å². The minimum atomic E-state index is 0.899. The molecule has 0 fully saturated rings. The molecular formula is C15H21N3. The van der Waals surface area contributed by atoms with Crippen LogP contribution in [0.15, 0.2) is 30.3 Å². The molecule has 1 aromatic heterocycles. The summed E-state index contributed by atoms with van der Waals surface area (Å²) in [5, 5.41) is 7.24. The lowest BCUT2D eigenvalue weighted by Crippen LogP contribution is -2.21. The number of aryl methyl sites for hydroxylation is 2. The predicted octanol–water partition coefficient (Wildman–Crippen LogP) is 2.70. The van der Waals surface area contributed by atoms with Gasteiger partial charge in [0, 0.05) is 18.8 Å². The molecular weight excluding hydrogens is 222 g/mol. The molecule has 2 rings (SSSR count). The Bertz CT molecular complexity index is 502. The Morgan fingerprint density at radius 3 is 2.67 bits per heavy atom. The van der Waals surface area contributed by atoms with Crippen molar-refractivity contribution in [1.29, 1.82) is 0 Å². The summed E-state index contributed by atoms with van der Waals surface area (Å²) in [5.74, 6) is 0. The normalized spacial score (nSPS) is 11.1. The number of nitrogens with one attached hydrogen (secondary N) is 1. The Kier molecular flexibility index (Phi) is 4.15. The maximum absolute atomic E-state index is 4.26. The molecule has 0 atom stereocenters. The van der Waals surface area contributed by atoms with Gasteiger partial charge in [-0.2, -0.15) is 5.10 Å². The van der Waals surface area contributed by atoms with Crippen LogP contribution in [0.5, 0.6) is 0 Å². The monoisotopic (exact) mass is 243 g/mol. The van der Waals surface area contributed by atoms with Crippen molar-refractivity contribution in [2.75, 3.05) is 13.6 Å². The highest BCUT2D eigenvalue weighted by molar-refractivity contribution is 5.25. The van der Waals surface area contributed by atoms with Crippen molar-refractivity contribution in [1.82, 2.24) is 15.1 Å². The van der Waals surface area contributed by atoms with Crippen LogP contribution >= 0.6 is 0 Å². The number of rotatable bonds is 5. The largest absolute Gasteiger partial charge is 0.300 e. The van der Waals surface area contributed by atoms with Crippen LogP contribution < -0.4 is 0 Å². The van der Waals surface area contributed by atoms with Gasteiger partial charge < -0.3 is 4.90 Å². The fourth-order valence-electron chi connectivity index (χ4n) is 2.11. The minimum Gasteiger partial charge on any atom is -0.300 e. The van der Waals surface area contributed by atoms with Gasteiger partial charge >= 0.3 is 0 Å². The molecule has 18 heavy (non-hydrogen) atoms. The van der Waals surface area contributed by atoms with Crippen LogP contribution in [0, 0.1) is 13.8 Å². The molecule has 1 aromatic carbocycles. The quantitative estimate of drug-likeness (QED) is 0.875. The first kappa shape index (κ1) is 12.8. The smallest absolute Gasteiger partial charge is 0.0764 e. The maximum atomic E-state index is 4.26. The third kappa shape index (κ3) is 3.44. The molecule has 0 aliphatic carbocycles. The highest BCUT2D eigenvalue weighted by atomic mass is 15.2. The zero-order chi connectivity index (χ0) is 13.0. The molecule has 96 valence electrons. The van der Waals surface area contributed by atoms with E-state index in [9.17, 15) is 0 Å². The topological polar surface area (TPSA) is 31.9 Å². The Hall–Kier alpha value is -1.61. The Morgan fingerprint density at radius 1 is 1.22 bits per heavy atom. The molecule has 0 amide bonds. The first-order chi connectivity index (χ1) is 8.65. The Morgan fingerprint density at radius 2 is 2.00 bits per heavy atom. The number of hydrogen-bond acceptors (Lipinski definition) is 2. The third-order valence-corrected chi connectivity index (χ3v) is 3.22. The lowest BCUT2D eigenvalue weighted by Gasteiger charge is -2.15. The standard InChI is InChI=1S/C15H21N3/c1-12-6-4-5-7-14(12)8-9-18(3)11-15-10-13(2)16-17-15/h4-7,10H,8-9,11H2,1-3H3,(H,16,17). The van der Waals surface area contributed by atoms with E-state index in [1.807, 2.05) is 6.92 Å². The number of nitrogens with zero attached hydrogens (tertiary/aromatic N) is 2. The SMILES string of the molecule is Cc1cc(CN(C)CCc2ccccc2C)n[nH]1. The zero-order valence-corrected chi connectivity index (χ0v) is 11.4. The average Bonchev–Trinajstić information content (AvgIpc) is 2.74. The number of aromatic amines is 1. The van der Waals surface area contributed by atoms with Gasteiger partial charge in [-0.1, -0.05) is 24.3 Å². The van der Waals surface area contributed by atoms with Gasteiger partial charge in [-0.15, -0.1) is 0 Å². The van der Waals surface area contributed by atoms with Crippen molar-refractivity contribution in [3.05, 3.63) is 52.8 Å². The summed E-state index contributed by atoms with van der Waals surface area (Å²) in [5.41, 5.74) is 5.04. The van der Waals surface area contributed by atoms with E-state index in [4.69, 9.17) is 0 Å². The lowest BCUT2D eigenvalue weighted by atomic mass is 10.1. The molecule has 0 bridgehead atoms. The van der Waals surface area contributed by atoms with Gasteiger partial charge in [0.05, 0.1) is 5.69 Å². The molecule has 2 aromatic rings. The second-order valence-electron chi connectivity index (χ2n) is 4.96. The van der Waals surface area contributed by atoms with Crippen LogP contribution in [-0.4, -0.2) is 28.7 Å². The third-order valence-electron chi connectivity index (χ3n) is 3.22. The summed E-state index contributed by atoms with van der Waals surface area (Å²) in [6.07, 6.45) is 1.09. The summed E-state index contributed by atoms with van der Waals surface area (Å²) < 4.78 is 0. The van der Waals surface area contributed by atoms with E-state index in [1.165, 1.54) is 11.1 Å². The molecule has 3 heteroatoms. The maximum Gasteiger partial charge on any atom is 0.0764 e. The van der Waals surface area contributed by atoms with E-state index in [-0.39, 0.29) is 0 Å². The van der Waals surface area contributed by atoms with Crippen LogP contribution in [0.25, 0.3) is 0 Å². The van der Waals surface area contributed by atoms with E-state index in [2.05, 4.69) is 59.4 Å². The number of aromatic nitrogens is 2. The molecule has 0 saturated heterocycles. The number of likely N-dealkylation sites (N-methyl/N-ethyl adjacent to an activating group) is 1. The number of hydrogen-bond donors (Lipinski definition) is 1. The van der Waals surface area contributed by atoms with Gasteiger partial charge in [0.1, 0.15) is 0 Å². The summed E-state index contributed by atoms with van der Waals surface area (Å²) in [6, 6.07) is 10.7. The molecule has 3 nitrogen and oxygen atoms in total. The van der Waals surface area contributed by atoms with Crippen molar-refractivity contribution >= 4 is 0 Å². The summed E-state index contributed by atoms with van der Waals surface area (Å²) in [6.45, 7) is 6.16. The van der Waals surface area contributed by atoms with Crippen LogP contribution in [0.2, 0.25) is 0 Å². The fraction of sp³-hybridized carbons (Fsp3) is 0.400.